The number of aryl methyl sites for hydroxylation is 1. The lowest BCUT2D eigenvalue weighted by atomic mass is 10.1. The predicted octanol–water partition coefficient (Wildman–Crippen LogP) is 2.70. The number of thioether (sulfide) groups is 1. The van der Waals surface area contributed by atoms with Crippen molar-refractivity contribution in [3.63, 3.8) is 0 Å². The van der Waals surface area contributed by atoms with E-state index in [4.69, 9.17) is 15.7 Å². The van der Waals surface area contributed by atoms with Gasteiger partial charge in [-0.2, -0.15) is 5.10 Å². The maximum Gasteiger partial charge on any atom is 0.250 e. The molecule has 3 N–H and O–H groups in total. The van der Waals surface area contributed by atoms with Crippen molar-refractivity contribution in [1.82, 2.24) is 10.2 Å². The minimum Gasteiger partial charge on any atom is -0.437 e. The lowest BCUT2D eigenvalue weighted by molar-refractivity contribution is 0.318. The first-order valence-corrected chi connectivity index (χ1v) is 7.43. The van der Waals surface area contributed by atoms with Crippen molar-refractivity contribution >= 4 is 17.6 Å². The van der Waals surface area contributed by atoms with Crippen LogP contribution in [-0.2, 0) is 0 Å². The number of hydrogen-bond donors (Lipinski definition) is 2. The maximum atomic E-state index is 8.92. The van der Waals surface area contributed by atoms with E-state index < -0.39 is 0 Å². The Bertz CT molecular complexity index is 671. The number of oxime groups is 1. The standard InChI is InChI=1S/C14H16N4O2S/c1-8-9(2)16-17-14(12(8)13(15)18-19)20-10-4-6-11(21-3)7-5-10/h4-7,19H,1-3H3,(H2,15,18). The number of ether oxygens (including phenoxy) is 1. The smallest absolute Gasteiger partial charge is 0.250 e. The van der Waals surface area contributed by atoms with Gasteiger partial charge in [-0.3, -0.25) is 0 Å². The van der Waals surface area contributed by atoms with Gasteiger partial charge in [-0.25, -0.2) is 0 Å². The first-order valence-electron chi connectivity index (χ1n) is 6.20. The summed E-state index contributed by atoms with van der Waals surface area (Å²) in [6.45, 7) is 3.62. The predicted molar refractivity (Wildman–Crippen MR) is 82.3 cm³/mol. The molecule has 0 aliphatic rings. The van der Waals surface area contributed by atoms with E-state index in [-0.39, 0.29) is 11.7 Å². The van der Waals surface area contributed by atoms with Crippen LogP contribution in [0.25, 0.3) is 0 Å². The zero-order valence-corrected chi connectivity index (χ0v) is 12.8. The van der Waals surface area contributed by atoms with Gasteiger partial charge in [0.2, 0.25) is 5.88 Å². The molecule has 0 aliphatic heterocycles. The molecule has 6 nitrogen and oxygen atoms in total. The topological polar surface area (TPSA) is 93.6 Å². The van der Waals surface area contributed by atoms with Crippen molar-refractivity contribution in [2.24, 2.45) is 10.9 Å². The summed E-state index contributed by atoms with van der Waals surface area (Å²) in [5.41, 5.74) is 7.61. The molecule has 0 radical (unpaired) electrons. The van der Waals surface area contributed by atoms with Crippen molar-refractivity contribution in [3.8, 4) is 11.6 Å². The third-order valence-corrected chi connectivity index (χ3v) is 3.80. The fraction of sp³-hybridized carbons (Fsp3) is 0.214. The highest BCUT2D eigenvalue weighted by atomic mass is 32.2. The Morgan fingerprint density at radius 3 is 2.48 bits per heavy atom. The third kappa shape index (κ3) is 3.25. The summed E-state index contributed by atoms with van der Waals surface area (Å²) in [5, 5.41) is 20.0. The number of nitrogens with two attached hydrogens (primary N) is 1. The van der Waals surface area contributed by atoms with Crippen LogP contribution in [0, 0.1) is 13.8 Å². The van der Waals surface area contributed by atoms with E-state index in [0.717, 1.165) is 10.5 Å². The first kappa shape index (κ1) is 15.1. The molecular formula is C14H16N4O2S. The van der Waals surface area contributed by atoms with E-state index in [2.05, 4.69) is 15.4 Å². The number of nitrogens with zero attached hydrogens (tertiary/aromatic N) is 3. The zero-order valence-electron chi connectivity index (χ0n) is 12.0. The van der Waals surface area contributed by atoms with E-state index in [0.29, 0.717) is 17.0 Å². The Hall–Kier alpha value is -2.28. The number of amidine groups is 1. The summed E-state index contributed by atoms with van der Waals surface area (Å²) in [6, 6.07) is 7.55. The summed E-state index contributed by atoms with van der Waals surface area (Å²) in [4.78, 5) is 1.13. The minimum absolute atomic E-state index is 0.0544. The molecule has 21 heavy (non-hydrogen) atoms. The van der Waals surface area contributed by atoms with Gasteiger partial charge in [-0.1, -0.05) is 5.16 Å². The van der Waals surface area contributed by atoms with Crippen molar-refractivity contribution < 1.29 is 9.94 Å². The summed E-state index contributed by atoms with van der Waals surface area (Å²) in [6.07, 6.45) is 2.00. The van der Waals surface area contributed by atoms with Gasteiger partial charge in [0.1, 0.15) is 5.75 Å². The molecule has 1 heterocycles. The van der Waals surface area contributed by atoms with Crippen LogP contribution in [0.1, 0.15) is 16.8 Å². The van der Waals surface area contributed by atoms with Gasteiger partial charge in [-0.05, 0) is 49.9 Å². The van der Waals surface area contributed by atoms with Crippen LogP contribution in [0.3, 0.4) is 0 Å². The Morgan fingerprint density at radius 1 is 1.24 bits per heavy atom. The molecule has 0 saturated carbocycles. The van der Waals surface area contributed by atoms with Gasteiger partial charge in [0.25, 0.3) is 0 Å². The molecule has 0 spiro atoms. The molecule has 0 bridgehead atoms. The molecule has 110 valence electrons. The van der Waals surface area contributed by atoms with E-state index in [1.54, 1.807) is 18.7 Å². The van der Waals surface area contributed by atoms with Gasteiger partial charge in [0.15, 0.2) is 5.84 Å². The number of rotatable bonds is 4. The van der Waals surface area contributed by atoms with Crippen LogP contribution in [0.2, 0.25) is 0 Å². The second-order valence-corrected chi connectivity index (χ2v) is 5.23. The van der Waals surface area contributed by atoms with Crippen LogP contribution >= 0.6 is 11.8 Å². The number of benzene rings is 1. The molecule has 0 amide bonds. The Kier molecular flexibility index (Phi) is 4.64. The van der Waals surface area contributed by atoms with Gasteiger partial charge < -0.3 is 15.7 Å². The summed E-state index contributed by atoms with van der Waals surface area (Å²) in [7, 11) is 0. The first-order chi connectivity index (χ1) is 10.1. The number of aromatic nitrogens is 2. The minimum atomic E-state index is -0.0544. The molecule has 0 saturated heterocycles. The maximum absolute atomic E-state index is 8.92. The van der Waals surface area contributed by atoms with E-state index in [1.165, 1.54) is 0 Å². The fourth-order valence-corrected chi connectivity index (χ4v) is 2.17. The monoisotopic (exact) mass is 304 g/mol. The lowest BCUT2D eigenvalue weighted by Crippen LogP contribution is -2.18. The fourth-order valence-electron chi connectivity index (χ4n) is 1.77. The zero-order chi connectivity index (χ0) is 15.4. The molecule has 0 aliphatic carbocycles. The molecule has 1 aromatic carbocycles. The second kappa shape index (κ2) is 6.45. The van der Waals surface area contributed by atoms with Crippen molar-refractivity contribution in [3.05, 3.63) is 41.1 Å². The quantitative estimate of drug-likeness (QED) is 0.296. The van der Waals surface area contributed by atoms with Crippen LogP contribution in [-0.4, -0.2) is 27.5 Å². The van der Waals surface area contributed by atoms with Crippen molar-refractivity contribution in [1.29, 1.82) is 0 Å². The lowest BCUT2D eigenvalue weighted by Gasteiger charge is -2.12. The van der Waals surface area contributed by atoms with Crippen LogP contribution in [0.4, 0.5) is 0 Å². The summed E-state index contributed by atoms with van der Waals surface area (Å²) >= 11 is 1.64. The van der Waals surface area contributed by atoms with Gasteiger partial charge in [-0.15, -0.1) is 16.9 Å². The highest BCUT2D eigenvalue weighted by Crippen LogP contribution is 2.27. The molecule has 1 aromatic heterocycles. The van der Waals surface area contributed by atoms with E-state index >= 15 is 0 Å². The third-order valence-electron chi connectivity index (χ3n) is 3.06. The Balaban J connectivity index is 2.41. The molecule has 0 fully saturated rings. The molecular weight excluding hydrogens is 288 g/mol. The summed E-state index contributed by atoms with van der Waals surface area (Å²) in [5.74, 6) is 0.767. The molecule has 7 heteroatoms. The number of hydrogen-bond acceptors (Lipinski definition) is 6. The average molecular weight is 304 g/mol. The Morgan fingerprint density at radius 2 is 1.90 bits per heavy atom. The normalized spacial score (nSPS) is 11.5. The van der Waals surface area contributed by atoms with E-state index in [9.17, 15) is 0 Å². The van der Waals surface area contributed by atoms with Crippen LogP contribution in [0.15, 0.2) is 34.3 Å². The second-order valence-electron chi connectivity index (χ2n) is 4.35. The van der Waals surface area contributed by atoms with Crippen molar-refractivity contribution in [2.45, 2.75) is 18.7 Å². The van der Waals surface area contributed by atoms with Crippen LogP contribution < -0.4 is 10.5 Å². The highest BCUT2D eigenvalue weighted by molar-refractivity contribution is 7.98. The molecule has 0 atom stereocenters. The van der Waals surface area contributed by atoms with Crippen LogP contribution in [0.5, 0.6) is 11.6 Å². The molecule has 0 unspecified atom stereocenters. The average Bonchev–Trinajstić information content (AvgIpc) is 2.51. The summed E-state index contributed by atoms with van der Waals surface area (Å²) < 4.78 is 5.71. The highest BCUT2D eigenvalue weighted by Gasteiger charge is 2.17. The van der Waals surface area contributed by atoms with Gasteiger partial charge >= 0.3 is 0 Å². The molecule has 2 rings (SSSR count). The van der Waals surface area contributed by atoms with Gasteiger partial charge in [0, 0.05) is 4.90 Å². The van der Waals surface area contributed by atoms with Gasteiger partial charge in [0.05, 0.1) is 11.3 Å². The Labute approximate surface area is 127 Å². The van der Waals surface area contributed by atoms with E-state index in [1.807, 2.05) is 37.4 Å². The molecule has 2 aromatic rings. The largest absolute Gasteiger partial charge is 0.437 e. The SMILES string of the molecule is CSc1ccc(Oc2nnc(C)c(C)c2C(N)=NO)cc1. The van der Waals surface area contributed by atoms with Crippen molar-refractivity contribution in [2.75, 3.05) is 6.26 Å².